The number of nitrogens with zero attached hydrogens (tertiary/aromatic N) is 1. The first kappa shape index (κ1) is 19.0. The van der Waals surface area contributed by atoms with E-state index in [0.29, 0.717) is 13.1 Å². The molecule has 20 heavy (non-hydrogen) atoms. The highest BCUT2D eigenvalue weighted by Crippen LogP contribution is 2.00. The molecule has 0 aromatic carbocycles. The molecule has 0 saturated carbocycles. The van der Waals surface area contributed by atoms with E-state index in [4.69, 9.17) is 0 Å². The molecule has 0 radical (unpaired) electrons. The van der Waals surface area contributed by atoms with Crippen molar-refractivity contribution in [1.29, 1.82) is 0 Å². The Kier molecular flexibility index (Phi) is 13.7. The predicted molar refractivity (Wildman–Crippen MR) is 88.7 cm³/mol. The lowest BCUT2D eigenvalue weighted by molar-refractivity contribution is 0.450. The van der Waals surface area contributed by atoms with Crippen molar-refractivity contribution in [2.75, 3.05) is 13.1 Å². The molecule has 0 rings (SSSR count). The summed E-state index contributed by atoms with van der Waals surface area (Å²) in [5.41, 5.74) is 0. The minimum Gasteiger partial charge on any atom is -0.294 e. The van der Waals surface area contributed by atoms with E-state index in [9.17, 15) is 8.76 Å². The van der Waals surface area contributed by atoms with Crippen molar-refractivity contribution in [2.24, 2.45) is 0 Å². The monoisotopic (exact) mass is 297 g/mol. The van der Waals surface area contributed by atoms with E-state index >= 15 is 0 Å². The minimum atomic E-state index is -1.92. The van der Waals surface area contributed by atoms with Crippen LogP contribution in [0.2, 0.25) is 0 Å². The second-order valence-corrected chi connectivity index (χ2v) is 5.44. The molecule has 0 aliphatic heterocycles. The van der Waals surface area contributed by atoms with Crippen LogP contribution in [0.3, 0.4) is 0 Å². The summed E-state index contributed by atoms with van der Waals surface area (Å²) in [6, 6.07) is 0. The summed E-state index contributed by atoms with van der Waals surface area (Å²) in [7, 11) is 0. The van der Waals surface area contributed by atoms with Gasteiger partial charge in [0.25, 0.3) is 0 Å². The van der Waals surface area contributed by atoms with Gasteiger partial charge in [-0.2, -0.15) is 4.31 Å². The van der Waals surface area contributed by atoms with Gasteiger partial charge < -0.3 is 0 Å². The van der Waals surface area contributed by atoms with Crippen LogP contribution in [0.25, 0.3) is 0 Å². The van der Waals surface area contributed by atoms with Gasteiger partial charge in [-0.05, 0) is 38.5 Å². The highest BCUT2D eigenvalue weighted by Gasteiger charge is 2.05. The first-order chi connectivity index (χ1) is 9.72. The number of unbranched alkanes of at least 4 members (excludes halogenated alkanes) is 4. The summed E-state index contributed by atoms with van der Waals surface area (Å²) >= 11 is -1.92. The van der Waals surface area contributed by atoms with E-state index < -0.39 is 11.3 Å². The fraction of sp³-hybridized carbons (Fsp3) is 0.500. The summed E-state index contributed by atoms with van der Waals surface area (Å²) in [5.74, 6) is 0. The first-order valence-electron chi connectivity index (χ1n) is 7.10. The number of hydrogen-bond acceptors (Lipinski definition) is 1. The van der Waals surface area contributed by atoms with E-state index in [1.54, 1.807) is 0 Å². The fourth-order valence-electron chi connectivity index (χ4n) is 1.58. The fourth-order valence-corrected chi connectivity index (χ4v) is 2.01. The van der Waals surface area contributed by atoms with Gasteiger partial charge in [-0.15, -0.1) is 13.2 Å². The molecular formula is C16H27NO2S. The minimum absolute atomic E-state index is 0.494. The maximum absolute atomic E-state index is 11.2. The zero-order chi connectivity index (χ0) is 15.1. The van der Waals surface area contributed by atoms with Crippen LogP contribution in [0.4, 0.5) is 0 Å². The average Bonchev–Trinajstić information content (AvgIpc) is 2.43. The summed E-state index contributed by atoms with van der Waals surface area (Å²) in [6.45, 7) is 8.33. The van der Waals surface area contributed by atoms with Crippen molar-refractivity contribution in [3.8, 4) is 0 Å². The van der Waals surface area contributed by atoms with E-state index in [-0.39, 0.29) is 0 Å². The van der Waals surface area contributed by atoms with Crippen molar-refractivity contribution in [3.05, 3.63) is 49.6 Å². The Labute approximate surface area is 126 Å². The molecule has 114 valence electrons. The van der Waals surface area contributed by atoms with Gasteiger partial charge in [-0.1, -0.05) is 36.5 Å². The average molecular weight is 297 g/mol. The van der Waals surface area contributed by atoms with Crippen molar-refractivity contribution in [3.63, 3.8) is 0 Å². The predicted octanol–water partition coefficient (Wildman–Crippen LogP) is 4.25. The third-order valence-electron chi connectivity index (χ3n) is 2.73. The third-order valence-corrected chi connectivity index (χ3v) is 3.47. The van der Waals surface area contributed by atoms with Crippen LogP contribution in [0, 0.1) is 0 Å². The molecule has 1 atom stereocenters. The molecule has 0 aliphatic carbocycles. The lowest BCUT2D eigenvalue weighted by Crippen LogP contribution is -2.25. The highest BCUT2D eigenvalue weighted by atomic mass is 32.2. The first-order valence-corrected chi connectivity index (χ1v) is 8.16. The van der Waals surface area contributed by atoms with Gasteiger partial charge in [0.05, 0.1) is 0 Å². The molecular weight excluding hydrogens is 270 g/mol. The molecule has 0 bridgehead atoms. The summed E-state index contributed by atoms with van der Waals surface area (Å²) in [5, 5.41) is 0. The van der Waals surface area contributed by atoms with Gasteiger partial charge in [-0.3, -0.25) is 4.55 Å². The Morgan fingerprint density at radius 2 is 1.30 bits per heavy atom. The van der Waals surface area contributed by atoms with Crippen LogP contribution >= 0.6 is 0 Å². The molecule has 0 amide bonds. The van der Waals surface area contributed by atoms with Crippen LogP contribution in [0.1, 0.15) is 38.5 Å². The quantitative estimate of drug-likeness (QED) is 0.314. The van der Waals surface area contributed by atoms with E-state index in [1.165, 1.54) is 4.31 Å². The highest BCUT2D eigenvalue weighted by molar-refractivity contribution is 7.76. The van der Waals surface area contributed by atoms with Crippen LogP contribution in [0.15, 0.2) is 49.6 Å². The summed E-state index contributed by atoms with van der Waals surface area (Å²) in [6.07, 6.45) is 17.9. The molecule has 0 fully saturated rings. The molecule has 0 aromatic rings. The topological polar surface area (TPSA) is 40.5 Å². The molecule has 0 aliphatic rings. The number of allylic oxidation sites excluding steroid dienone is 4. The molecule has 0 spiro atoms. The molecule has 1 unspecified atom stereocenters. The SMILES string of the molecule is C=CCCCC=CCN(CC=CCCCC=C)S(=O)O. The van der Waals surface area contributed by atoms with Crippen molar-refractivity contribution >= 4 is 11.3 Å². The third kappa shape index (κ3) is 12.1. The lowest BCUT2D eigenvalue weighted by Gasteiger charge is -2.12. The Morgan fingerprint density at radius 1 is 0.850 bits per heavy atom. The van der Waals surface area contributed by atoms with Crippen molar-refractivity contribution in [1.82, 2.24) is 4.31 Å². The maximum atomic E-state index is 11.2. The molecule has 0 saturated heterocycles. The zero-order valence-corrected chi connectivity index (χ0v) is 13.1. The standard InChI is InChI=1S/C16H27NO2S/c1-3-5-7-9-11-13-15-17(20(18)19)16-14-12-10-8-6-4-2/h3-4,11-14H,1-2,5-10,15-16H2,(H,18,19). The Morgan fingerprint density at radius 3 is 1.65 bits per heavy atom. The van der Waals surface area contributed by atoms with E-state index in [2.05, 4.69) is 25.3 Å². The van der Waals surface area contributed by atoms with E-state index in [1.807, 2.05) is 24.3 Å². The zero-order valence-electron chi connectivity index (χ0n) is 12.2. The van der Waals surface area contributed by atoms with Crippen molar-refractivity contribution < 1.29 is 8.76 Å². The summed E-state index contributed by atoms with van der Waals surface area (Å²) < 4.78 is 21.9. The van der Waals surface area contributed by atoms with Crippen LogP contribution < -0.4 is 0 Å². The van der Waals surface area contributed by atoms with Gasteiger partial charge in [0.1, 0.15) is 0 Å². The molecule has 0 heterocycles. The van der Waals surface area contributed by atoms with Gasteiger partial charge >= 0.3 is 0 Å². The van der Waals surface area contributed by atoms with Gasteiger partial charge in [0.2, 0.25) is 11.3 Å². The van der Waals surface area contributed by atoms with Gasteiger partial charge in [0.15, 0.2) is 0 Å². The molecule has 1 N–H and O–H groups in total. The Hall–Kier alpha value is -0.970. The number of rotatable bonds is 13. The van der Waals surface area contributed by atoms with Gasteiger partial charge in [-0.25, -0.2) is 4.21 Å². The Bertz CT molecular complexity index is 311. The second-order valence-electron chi connectivity index (χ2n) is 4.46. The summed E-state index contributed by atoms with van der Waals surface area (Å²) in [4.78, 5) is 0. The Balaban J connectivity index is 3.89. The van der Waals surface area contributed by atoms with Crippen molar-refractivity contribution in [2.45, 2.75) is 38.5 Å². The maximum Gasteiger partial charge on any atom is 0.235 e. The molecule has 3 nitrogen and oxygen atoms in total. The largest absolute Gasteiger partial charge is 0.294 e. The molecule has 0 aromatic heterocycles. The second kappa shape index (κ2) is 14.4. The smallest absolute Gasteiger partial charge is 0.235 e. The van der Waals surface area contributed by atoms with Crippen LogP contribution in [-0.4, -0.2) is 26.2 Å². The molecule has 4 heteroatoms. The number of hydrogen-bond donors (Lipinski definition) is 1. The van der Waals surface area contributed by atoms with Gasteiger partial charge in [0, 0.05) is 13.1 Å². The normalized spacial score (nSPS) is 13.3. The van der Waals surface area contributed by atoms with Crippen LogP contribution in [0.5, 0.6) is 0 Å². The van der Waals surface area contributed by atoms with E-state index in [0.717, 1.165) is 38.5 Å². The lowest BCUT2D eigenvalue weighted by atomic mass is 10.2. The van der Waals surface area contributed by atoms with Crippen LogP contribution in [-0.2, 0) is 11.3 Å².